The van der Waals surface area contributed by atoms with Crippen molar-refractivity contribution in [2.45, 2.75) is 6.42 Å². The number of carbonyl (C=O) groups is 2. The molecule has 0 spiro atoms. The third-order valence-corrected chi connectivity index (χ3v) is 4.34. The van der Waals surface area contributed by atoms with E-state index in [2.05, 4.69) is 11.9 Å². The number of ether oxygens (including phenoxy) is 1. The van der Waals surface area contributed by atoms with Gasteiger partial charge in [-0.2, -0.15) is 0 Å². The van der Waals surface area contributed by atoms with Crippen molar-refractivity contribution in [2.24, 2.45) is 5.92 Å². The van der Waals surface area contributed by atoms with Gasteiger partial charge in [0.25, 0.3) is 0 Å². The minimum atomic E-state index is -0.404. The molecule has 1 saturated heterocycles. The van der Waals surface area contributed by atoms with E-state index in [1.165, 1.54) is 0 Å². The van der Waals surface area contributed by atoms with Crippen LogP contribution in [0.5, 0.6) is 5.75 Å². The number of amides is 2. The van der Waals surface area contributed by atoms with Gasteiger partial charge in [0.1, 0.15) is 12.4 Å². The number of hydrogen-bond donors (Lipinski definition) is 1. The number of hydrogen-bond acceptors (Lipinski definition) is 3. The molecule has 0 unspecified atom stereocenters. The molecule has 134 valence electrons. The van der Waals surface area contributed by atoms with Crippen LogP contribution in [0.2, 0.25) is 5.02 Å². The zero-order chi connectivity index (χ0) is 18.5. The van der Waals surface area contributed by atoms with Crippen LogP contribution in [-0.2, 0) is 9.59 Å². The molecule has 3 rings (SSSR count). The highest BCUT2D eigenvalue weighted by Crippen LogP contribution is 2.28. The molecule has 2 aromatic rings. The second kappa shape index (κ2) is 8.06. The minimum Gasteiger partial charge on any atom is -0.490 e. The first-order chi connectivity index (χ1) is 12.6. The van der Waals surface area contributed by atoms with Crippen LogP contribution in [0.3, 0.4) is 0 Å². The maximum Gasteiger partial charge on any atom is 0.229 e. The average Bonchev–Trinajstić information content (AvgIpc) is 3.03. The van der Waals surface area contributed by atoms with Gasteiger partial charge in [0.15, 0.2) is 0 Å². The fourth-order valence-corrected chi connectivity index (χ4v) is 3.00. The Bertz CT molecular complexity index is 820. The molecule has 1 fully saturated rings. The zero-order valence-electron chi connectivity index (χ0n) is 14.2. The molecular weight excluding hydrogens is 352 g/mol. The molecule has 1 aliphatic heterocycles. The van der Waals surface area contributed by atoms with Gasteiger partial charge in [0.05, 0.1) is 5.92 Å². The largest absolute Gasteiger partial charge is 0.490 e. The smallest absolute Gasteiger partial charge is 0.229 e. The Balaban J connectivity index is 1.62. The molecule has 1 aliphatic rings. The quantitative estimate of drug-likeness (QED) is 0.784. The van der Waals surface area contributed by atoms with E-state index >= 15 is 0 Å². The Morgan fingerprint density at radius 1 is 1.31 bits per heavy atom. The van der Waals surface area contributed by atoms with Crippen LogP contribution in [0, 0.1) is 5.92 Å². The molecule has 1 atom stereocenters. The molecule has 0 aliphatic carbocycles. The van der Waals surface area contributed by atoms with Gasteiger partial charge in [0.2, 0.25) is 11.8 Å². The molecule has 0 bridgehead atoms. The SMILES string of the molecule is C=CCOc1ccc(NC(=O)[C@H]2CC(=O)N(c3cccc(Cl)c3)C2)cc1. The van der Waals surface area contributed by atoms with E-state index in [-0.39, 0.29) is 18.2 Å². The number of nitrogens with zero attached hydrogens (tertiary/aromatic N) is 1. The van der Waals surface area contributed by atoms with Gasteiger partial charge in [-0.15, -0.1) is 0 Å². The van der Waals surface area contributed by atoms with Crippen molar-refractivity contribution in [3.63, 3.8) is 0 Å². The van der Waals surface area contributed by atoms with Crippen molar-refractivity contribution in [1.82, 2.24) is 0 Å². The van der Waals surface area contributed by atoms with E-state index in [1.54, 1.807) is 53.4 Å². The molecular formula is C20H19ClN2O3. The Morgan fingerprint density at radius 3 is 2.77 bits per heavy atom. The fraction of sp³-hybridized carbons (Fsp3) is 0.200. The van der Waals surface area contributed by atoms with E-state index in [0.29, 0.717) is 35.3 Å². The van der Waals surface area contributed by atoms with Crippen LogP contribution < -0.4 is 15.0 Å². The second-order valence-electron chi connectivity index (χ2n) is 6.00. The van der Waals surface area contributed by atoms with Crippen molar-refractivity contribution in [2.75, 3.05) is 23.4 Å². The highest BCUT2D eigenvalue weighted by molar-refractivity contribution is 6.31. The Kier molecular flexibility index (Phi) is 5.58. The first kappa shape index (κ1) is 18.0. The van der Waals surface area contributed by atoms with Crippen molar-refractivity contribution < 1.29 is 14.3 Å². The molecule has 6 heteroatoms. The Labute approximate surface area is 157 Å². The normalized spacial score (nSPS) is 16.4. The lowest BCUT2D eigenvalue weighted by molar-refractivity contribution is -0.122. The van der Waals surface area contributed by atoms with Crippen LogP contribution in [0.1, 0.15) is 6.42 Å². The van der Waals surface area contributed by atoms with Gasteiger partial charge in [-0.25, -0.2) is 0 Å². The van der Waals surface area contributed by atoms with E-state index < -0.39 is 5.92 Å². The number of carbonyl (C=O) groups excluding carboxylic acids is 2. The number of nitrogens with one attached hydrogen (secondary N) is 1. The zero-order valence-corrected chi connectivity index (χ0v) is 14.9. The van der Waals surface area contributed by atoms with Gasteiger partial charge in [-0.05, 0) is 42.5 Å². The molecule has 2 aromatic carbocycles. The predicted molar refractivity (Wildman–Crippen MR) is 103 cm³/mol. The molecule has 26 heavy (non-hydrogen) atoms. The lowest BCUT2D eigenvalue weighted by Crippen LogP contribution is -2.28. The Morgan fingerprint density at radius 2 is 2.08 bits per heavy atom. The van der Waals surface area contributed by atoms with Gasteiger partial charge >= 0.3 is 0 Å². The molecule has 1 N–H and O–H groups in total. The van der Waals surface area contributed by atoms with Crippen molar-refractivity contribution in [1.29, 1.82) is 0 Å². The van der Waals surface area contributed by atoms with Crippen LogP contribution in [-0.4, -0.2) is 25.0 Å². The standard InChI is InChI=1S/C20H19ClN2O3/c1-2-10-26-18-8-6-16(7-9-18)22-20(25)14-11-19(24)23(13-14)17-5-3-4-15(21)12-17/h2-9,12,14H,1,10-11,13H2,(H,22,25)/t14-/m0/s1. The maximum absolute atomic E-state index is 12.5. The summed E-state index contributed by atoms with van der Waals surface area (Å²) in [6.07, 6.45) is 1.84. The molecule has 0 aromatic heterocycles. The fourth-order valence-electron chi connectivity index (χ4n) is 2.81. The first-order valence-corrected chi connectivity index (χ1v) is 8.65. The summed E-state index contributed by atoms with van der Waals surface area (Å²) in [5.74, 6) is 0.0347. The van der Waals surface area contributed by atoms with E-state index in [9.17, 15) is 9.59 Å². The minimum absolute atomic E-state index is 0.0828. The lowest BCUT2D eigenvalue weighted by Gasteiger charge is -2.17. The summed E-state index contributed by atoms with van der Waals surface area (Å²) < 4.78 is 5.41. The van der Waals surface area contributed by atoms with Crippen molar-refractivity contribution in [3.05, 3.63) is 66.2 Å². The van der Waals surface area contributed by atoms with Crippen LogP contribution in [0.15, 0.2) is 61.2 Å². The molecule has 0 radical (unpaired) electrons. The Hall–Kier alpha value is -2.79. The van der Waals surface area contributed by atoms with Gasteiger partial charge < -0.3 is 15.0 Å². The van der Waals surface area contributed by atoms with E-state index in [4.69, 9.17) is 16.3 Å². The summed E-state index contributed by atoms with van der Waals surface area (Å²) in [6, 6.07) is 14.2. The van der Waals surface area contributed by atoms with Gasteiger partial charge in [-0.3, -0.25) is 9.59 Å². The topological polar surface area (TPSA) is 58.6 Å². The predicted octanol–water partition coefficient (Wildman–Crippen LogP) is 3.90. The highest BCUT2D eigenvalue weighted by atomic mass is 35.5. The highest BCUT2D eigenvalue weighted by Gasteiger charge is 2.35. The summed E-state index contributed by atoms with van der Waals surface area (Å²) in [6.45, 7) is 4.36. The summed E-state index contributed by atoms with van der Waals surface area (Å²) in [4.78, 5) is 26.4. The number of halogens is 1. The summed E-state index contributed by atoms with van der Waals surface area (Å²) in [5, 5.41) is 3.41. The summed E-state index contributed by atoms with van der Waals surface area (Å²) >= 11 is 5.99. The molecule has 0 saturated carbocycles. The van der Waals surface area contributed by atoms with Crippen LogP contribution in [0.4, 0.5) is 11.4 Å². The van der Waals surface area contributed by atoms with Crippen LogP contribution in [0.25, 0.3) is 0 Å². The number of anilines is 2. The summed E-state index contributed by atoms with van der Waals surface area (Å²) in [7, 11) is 0. The third-order valence-electron chi connectivity index (χ3n) is 4.11. The van der Waals surface area contributed by atoms with E-state index in [0.717, 1.165) is 0 Å². The molecule has 2 amide bonds. The van der Waals surface area contributed by atoms with Crippen molar-refractivity contribution >= 4 is 34.8 Å². The maximum atomic E-state index is 12.5. The monoisotopic (exact) mass is 370 g/mol. The van der Waals surface area contributed by atoms with Gasteiger partial charge in [0, 0.05) is 29.4 Å². The molecule has 5 nitrogen and oxygen atoms in total. The van der Waals surface area contributed by atoms with Gasteiger partial charge in [-0.1, -0.05) is 30.3 Å². The number of benzene rings is 2. The molecule has 1 heterocycles. The third kappa shape index (κ3) is 4.24. The second-order valence-corrected chi connectivity index (χ2v) is 6.44. The van der Waals surface area contributed by atoms with E-state index in [1.807, 2.05) is 6.07 Å². The lowest BCUT2D eigenvalue weighted by atomic mass is 10.1. The van der Waals surface area contributed by atoms with Crippen molar-refractivity contribution in [3.8, 4) is 5.75 Å². The average molecular weight is 371 g/mol. The number of rotatable bonds is 6. The first-order valence-electron chi connectivity index (χ1n) is 8.27. The van der Waals surface area contributed by atoms with Crippen LogP contribution >= 0.6 is 11.6 Å². The summed E-state index contributed by atoms with van der Waals surface area (Å²) in [5.41, 5.74) is 1.37.